The van der Waals surface area contributed by atoms with E-state index in [4.69, 9.17) is 14.7 Å². The van der Waals surface area contributed by atoms with Gasteiger partial charge in [-0.2, -0.15) is 5.23 Å². The lowest BCUT2D eigenvalue weighted by Crippen LogP contribution is -2.99. The number of nitrogens with one attached hydrogen (secondary N) is 2. The molecule has 2 rings (SSSR count). The van der Waals surface area contributed by atoms with Crippen molar-refractivity contribution in [3.05, 3.63) is 47.2 Å². The minimum absolute atomic E-state index is 0.0585. The van der Waals surface area contributed by atoms with Crippen molar-refractivity contribution in [1.29, 1.82) is 0 Å². The highest BCUT2D eigenvalue weighted by Crippen LogP contribution is 2.26. The van der Waals surface area contributed by atoms with Gasteiger partial charge in [0.1, 0.15) is 6.10 Å². The fraction of sp³-hybridized carbons (Fsp3) is 0.500. The first-order valence-corrected chi connectivity index (χ1v) is 7.56. The molecule has 0 spiro atoms. The van der Waals surface area contributed by atoms with Crippen LogP contribution >= 0.6 is 0 Å². The molecule has 0 radical (unpaired) electrons. The Labute approximate surface area is 136 Å². The summed E-state index contributed by atoms with van der Waals surface area (Å²) in [5.74, 6) is 0. The summed E-state index contributed by atoms with van der Waals surface area (Å²) in [7, 11) is 3.82. The quantitative estimate of drug-likeness (QED) is 0.555. The lowest BCUT2D eigenvalue weighted by atomic mass is 10.0. The summed E-state index contributed by atoms with van der Waals surface area (Å²) >= 11 is 0. The molecule has 23 heavy (non-hydrogen) atoms. The molecule has 7 heteroatoms. The highest BCUT2D eigenvalue weighted by molar-refractivity contribution is 5.34. The van der Waals surface area contributed by atoms with E-state index in [1.807, 2.05) is 26.0 Å². The van der Waals surface area contributed by atoms with Crippen molar-refractivity contribution < 1.29 is 19.9 Å². The van der Waals surface area contributed by atoms with Crippen LogP contribution in [0.1, 0.15) is 18.6 Å². The third-order valence-electron chi connectivity index (χ3n) is 3.82. The summed E-state index contributed by atoms with van der Waals surface area (Å²) in [6.07, 6.45) is -0.318. The smallest absolute Gasteiger partial charge is 0.163 e. The number of quaternary nitrogens is 1. The standard InChI is InChI=1S/C16H25N3O4/c1-11-9-23-16(13-5-7-14(8-6-13)19(20)21)15(17-18(3)4)10-22-12(11)2/h5-8,12,15-17,19-20H,1,9-10H2,2-4H3. The van der Waals surface area contributed by atoms with Gasteiger partial charge in [-0.25, -0.2) is 10.6 Å². The molecule has 1 heterocycles. The van der Waals surface area contributed by atoms with Gasteiger partial charge in [-0.3, -0.25) is 5.01 Å². The maximum atomic E-state index is 11.0. The van der Waals surface area contributed by atoms with Crippen LogP contribution in [0.3, 0.4) is 0 Å². The molecule has 0 amide bonds. The molecular weight excluding hydrogens is 298 g/mol. The van der Waals surface area contributed by atoms with Crippen LogP contribution in [0.25, 0.3) is 0 Å². The molecule has 4 atom stereocenters. The number of rotatable bonds is 4. The number of benzene rings is 1. The fourth-order valence-electron chi connectivity index (χ4n) is 2.46. The zero-order valence-electron chi connectivity index (χ0n) is 13.8. The third kappa shape index (κ3) is 4.82. The van der Waals surface area contributed by atoms with Gasteiger partial charge in [-0.15, -0.1) is 0 Å². The second-order valence-corrected chi connectivity index (χ2v) is 5.92. The lowest BCUT2D eigenvalue weighted by molar-refractivity contribution is -0.991. The largest absolute Gasteiger partial charge is 0.595 e. The zero-order chi connectivity index (χ0) is 17.0. The molecule has 4 unspecified atom stereocenters. The highest BCUT2D eigenvalue weighted by atomic mass is 16.8. The normalized spacial score (nSPS) is 27.6. The van der Waals surface area contributed by atoms with E-state index < -0.39 is 5.23 Å². The van der Waals surface area contributed by atoms with Crippen molar-refractivity contribution in [2.45, 2.75) is 25.2 Å². The first-order chi connectivity index (χ1) is 10.9. The summed E-state index contributed by atoms with van der Waals surface area (Å²) in [5.41, 5.74) is 5.36. The monoisotopic (exact) mass is 323 g/mol. The van der Waals surface area contributed by atoms with E-state index in [1.165, 1.54) is 0 Å². The number of ether oxygens (including phenoxy) is 2. The van der Waals surface area contributed by atoms with Gasteiger partial charge in [0, 0.05) is 26.2 Å². The fourth-order valence-corrected chi connectivity index (χ4v) is 2.46. The predicted octanol–water partition coefficient (Wildman–Crippen LogP) is 0.557. The van der Waals surface area contributed by atoms with Crippen molar-refractivity contribution in [3.63, 3.8) is 0 Å². The van der Waals surface area contributed by atoms with Crippen LogP contribution in [0.4, 0.5) is 5.69 Å². The molecule has 0 aliphatic carbocycles. The Hall–Kier alpha value is -1.32. The van der Waals surface area contributed by atoms with Crippen molar-refractivity contribution in [3.8, 4) is 0 Å². The lowest BCUT2D eigenvalue weighted by Gasteiger charge is -2.34. The van der Waals surface area contributed by atoms with E-state index in [1.54, 1.807) is 24.3 Å². The SMILES string of the molecule is C=C1COC(c2ccc([NH+]([O-])O)cc2)C(NN(C)C)COC1C. The van der Waals surface area contributed by atoms with Gasteiger partial charge in [0.05, 0.1) is 25.4 Å². The number of nitrogens with zero attached hydrogens (tertiary/aromatic N) is 1. The van der Waals surface area contributed by atoms with E-state index in [2.05, 4.69) is 12.0 Å². The van der Waals surface area contributed by atoms with E-state index in [0.29, 0.717) is 13.2 Å². The first-order valence-electron chi connectivity index (χ1n) is 7.56. The molecule has 1 aliphatic rings. The minimum Gasteiger partial charge on any atom is -0.595 e. The van der Waals surface area contributed by atoms with Gasteiger partial charge in [-0.1, -0.05) is 18.7 Å². The van der Waals surface area contributed by atoms with Crippen LogP contribution in [-0.4, -0.2) is 49.7 Å². The van der Waals surface area contributed by atoms with Crippen molar-refractivity contribution >= 4 is 5.69 Å². The van der Waals surface area contributed by atoms with Crippen molar-refractivity contribution in [2.75, 3.05) is 27.3 Å². The van der Waals surface area contributed by atoms with Crippen molar-refractivity contribution in [1.82, 2.24) is 10.4 Å². The van der Waals surface area contributed by atoms with E-state index in [9.17, 15) is 5.21 Å². The Morgan fingerprint density at radius 2 is 1.96 bits per heavy atom. The van der Waals surface area contributed by atoms with E-state index in [0.717, 1.165) is 11.1 Å². The molecule has 3 N–H and O–H groups in total. The average Bonchev–Trinajstić information content (AvgIpc) is 2.50. The number of hydrazine groups is 1. The molecule has 1 aromatic carbocycles. The van der Waals surface area contributed by atoms with Gasteiger partial charge in [-0.05, 0) is 18.1 Å². The van der Waals surface area contributed by atoms with Crippen LogP contribution in [0.5, 0.6) is 0 Å². The third-order valence-corrected chi connectivity index (χ3v) is 3.82. The number of hydrogen-bond donors (Lipinski definition) is 3. The topological polar surface area (TPSA) is 81.5 Å². The van der Waals surface area contributed by atoms with E-state index in [-0.39, 0.29) is 23.9 Å². The summed E-state index contributed by atoms with van der Waals surface area (Å²) in [4.78, 5) is 0. The summed E-state index contributed by atoms with van der Waals surface area (Å²) in [6.45, 7) is 6.81. The predicted molar refractivity (Wildman–Crippen MR) is 86.1 cm³/mol. The molecule has 128 valence electrons. The molecular formula is C16H25N3O4. The van der Waals surface area contributed by atoms with Gasteiger partial charge in [0.25, 0.3) is 0 Å². The highest BCUT2D eigenvalue weighted by Gasteiger charge is 2.29. The maximum absolute atomic E-state index is 11.0. The van der Waals surface area contributed by atoms with Crippen LogP contribution in [0, 0.1) is 5.21 Å². The van der Waals surface area contributed by atoms with Gasteiger partial charge in [0.15, 0.2) is 5.69 Å². The zero-order valence-corrected chi connectivity index (χ0v) is 13.8. The van der Waals surface area contributed by atoms with Crippen LogP contribution < -0.4 is 10.7 Å². The number of hydrogen-bond acceptors (Lipinski definition) is 6. The van der Waals surface area contributed by atoms with Gasteiger partial charge >= 0.3 is 0 Å². The summed E-state index contributed by atoms with van der Waals surface area (Å²) in [5, 5.41) is 20.9. The maximum Gasteiger partial charge on any atom is 0.163 e. The van der Waals surface area contributed by atoms with Crippen LogP contribution in [0.2, 0.25) is 0 Å². The molecule has 7 nitrogen and oxygen atoms in total. The Kier molecular flexibility index (Phi) is 6.25. The Balaban J connectivity index is 2.23. The molecule has 1 saturated heterocycles. The van der Waals surface area contributed by atoms with Gasteiger partial charge in [0.2, 0.25) is 0 Å². The van der Waals surface area contributed by atoms with Crippen molar-refractivity contribution in [2.24, 2.45) is 0 Å². The molecule has 0 aromatic heterocycles. The Morgan fingerprint density at radius 1 is 1.30 bits per heavy atom. The van der Waals surface area contributed by atoms with Gasteiger partial charge < -0.3 is 14.7 Å². The Bertz CT molecular complexity index is 519. The second-order valence-electron chi connectivity index (χ2n) is 5.92. The average molecular weight is 323 g/mol. The molecule has 0 saturated carbocycles. The first kappa shape index (κ1) is 18.0. The van der Waals surface area contributed by atoms with Crippen LogP contribution in [0.15, 0.2) is 36.4 Å². The summed E-state index contributed by atoms with van der Waals surface area (Å²) < 4.78 is 11.9. The van der Waals surface area contributed by atoms with E-state index >= 15 is 0 Å². The minimum atomic E-state index is -0.941. The second kappa shape index (κ2) is 7.98. The molecule has 1 fully saturated rings. The molecule has 1 aromatic rings. The molecule has 0 bridgehead atoms. The van der Waals surface area contributed by atoms with Crippen LogP contribution in [-0.2, 0) is 9.47 Å². The Morgan fingerprint density at radius 3 is 2.52 bits per heavy atom. The summed E-state index contributed by atoms with van der Waals surface area (Å²) in [6, 6.07) is 6.66. The molecule has 1 aliphatic heterocycles.